The van der Waals surface area contributed by atoms with Crippen molar-refractivity contribution in [3.8, 4) is 0 Å². The van der Waals surface area contributed by atoms with Gasteiger partial charge in [0.05, 0.1) is 12.5 Å². The fourth-order valence-electron chi connectivity index (χ4n) is 2.71. The molecule has 1 N–H and O–H groups in total. The summed E-state index contributed by atoms with van der Waals surface area (Å²) in [4.78, 5) is 20.6. The molecule has 0 fully saturated rings. The highest BCUT2D eigenvalue weighted by Crippen LogP contribution is 2.26. The van der Waals surface area contributed by atoms with Gasteiger partial charge in [-0.15, -0.1) is 0 Å². The van der Waals surface area contributed by atoms with E-state index in [1.54, 1.807) is 12.4 Å². The Hall–Kier alpha value is -2.95. The lowest BCUT2D eigenvalue weighted by atomic mass is 10.0. The van der Waals surface area contributed by atoms with Crippen LogP contribution in [0.2, 0.25) is 0 Å². The molecular formula is C20H21N3O2. The van der Waals surface area contributed by atoms with E-state index >= 15 is 0 Å². The first-order chi connectivity index (χ1) is 12.1. The van der Waals surface area contributed by atoms with Crippen molar-refractivity contribution in [2.24, 2.45) is 0 Å². The van der Waals surface area contributed by atoms with Gasteiger partial charge in [0.15, 0.2) is 0 Å². The van der Waals surface area contributed by atoms with Crippen molar-refractivity contribution in [3.63, 3.8) is 0 Å². The van der Waals surface area contributed by atoms with Crippen LogP contribution in [0.25, 0.3) is 10.8 Å². The fourth-order valence-corrected chi connectivity index (χ4v) is 2.71. The maximum Gasteiger partial charge on any atom is 0.313 e. The molecule has 0 bridgehead atoms. The quantitative estimate of drug-likeness (QED) is 0.702. The number of ether oxygens (including phenoxy) is 1. The summed E-state index contributed by atoms with van der Waals surface area (Å²) in [7, 11) is 0. The third kappa shape index (κ3) is 3.76. The summed E-state index contributed by atoms with van der Waals surface area (Å²) in [5.41, 5.74) is 2.77. The van der Waals surface area contributed by atoms with Crippen LogP contribution in [0.5, 0.6) is 0 Å². The first kappa shape index (κ1) is 16.9. The Morgan fingerprint density at radius 1 is 1.24 bits per heavy atom. The molecule has 1 aromatic carbocycles. The van der Waals surface area contributed by atoms with E-state index < -0.39 is 0 Å². The predicted octanol–water partition coefficient (Wildman–Crippen LogP) is 4.35. The summed E-state index contributed by atoms with van der Waals surface area (Å²) >= 11 is 0. The molecule has 128 valence electrons. The number of pyridine rings is 2. The highest BCUT2D eigenvalue weighted by atomic mass is 16.5. The number of nitrogens with one attached hydrogen (secondary N) is 1. The van der Waals surface area contributed by atoms with Crippen LogP contribution in [0.1, 0.15) is 31.0 Å². The number of rotatable bonds is 5. The van der Waals surface area contributed by atoms with Crippen molar-refractivity contribution in [1.82, 2.24) is 9.97 Å². The van der Waals surface area contributed by atoms with Gasteiger partial charge in [-0.3, -0.25) is 9.78 Å². The van der Waals surface area contributed by atoms with Gasteiger partial charge in [-0.1, -0.05) is 12.1 Å². The minimum Gasteiger partial charge on any atom is -0.466 e. The lowest BCUT2D eigenvalue weighted by Crippen LogP contribution is -2.12. The Morgan fingerprint density at radius 2 is 2.00 bits per heavy atom. The number of anilines is 2. The minimum absolute atomic E-state index is 0.208. The third-order valence-corrected chi connectivity index (χ3v) is 4.08. The number of fused-ring (bicyclic) bond motifs is 1. The number of carbonyl (C=O) groups is 1. The summed E-state index contributed by atoms with van der Waals surface area (Å²) in [6.45, 7) is 6.02. The van der Waals surface area contributed by atoms with Crippen LogP contribution in [0.4, 0.5) is 11.5 Å². The molecule has 25 heavy (non-hydrogen) atoms. The molecule has 0 amide bonds. The van der Waals surface area contributed by atoms with Gasteiger partial charge in [0.25, 0.3) is 0 Å². The van der Waals surface area contributed by atoms with E-state index in [0.717, 1.165) is 33.5 Å². The minimum atomic E-state index is -0.281. The molecule has 5 heteroatoms. The smallest absolute Gasteiger partial charge is 0.313 e. The van der Waals surface area contributed by atoms with Gasteiger partial charge in [-0.25, -0.2) is 4.98 Å². The molecule has 5 nitrogen and oxygen atoms in total. The predicted molar refractivity (Wildman–Crippen MR) is 99.0 cm³/mol. The second-order valence-electron chi connectivity index (χ2n) is 5.93. The van der Waals surface area contributed by atoms with Gasteiger partial charge in [0.1, 0.15) is 5.82 Å². The molecule has 3 aromatic rings. The first-order valence-corrected chi connectivity index (χ1v) is 8.33. The standard InChI is InChI=1S/C20H21N3O2/c1-4-25-20(24)14(3)15-5-7-17(8-6-15)23-19-18-12-21-10-9-16(18)11-13(2)22-19/h5-12,14H,4H2,1-3H3,(H,22,23). The largest absolute Gasteiger partial charge is 0.466 e. The second kappa shape index (κ2) is 7.30. The van der Waals surface area contributed by atoms with E-state index in [2.05, 4.69) is 15.3 Å². The van der Waals surface area contributed by atoms with E-state index in [9.17, 15) is 4.79 Å². The molecule has 0 aliphatic carbocycles. The summed E-state index contributed by atoms with van der Waals surface area (Å²) in [6, 6.07) is 11.8. The molecule has 0 aliphatic heterocycles. The average Bonchev–Trinajstić information content (AvgIpc) is 2.62. The summed E-state index contributed by atoms with van der Waals surface area (Å²) in [6.07, 6.45) is 3.58. The van der Waals surface area contributed by atoms with Crippen LogP contribution in [0.3, 0.4) is 0 Å². The van der Waals surface area contributed by atoms with E-state index in [1.807, 2.05) is 57.2 Å². The van der Waals surface area contributed by atoms with Crippen molar-refractivity contribution in [3.05, 3.63) is 60.0 Å². The molecule has 3 rings (SSSR count). The van der Waals surface area contributed by atoms with Crippen molar-refractivity contribution >= 4 is 28.2 Å². The molecule has 0 saturated carbocycles. The highest BCUT2D eigenvalue weighted by molar-refractivity contribution is 5.92. The van der Waals surface area contributed by atoms with Gasteiger partial charge in [-0.2, -0.15) is 0 Å². The molecule has 2 aromatic heterocycles. The van der Waals surface area contributed by atoms with Crippen LogP contribution in [-0.4, -0.2) is 22.5 Å². The number of aromatic nitrogens is 2. The Balaban J connectivity index is 1.84. The molecule has 0 aliphatic rings. The van der Waals surface area contributed by atoms with Crippen molar-refractivity contribution in [1.29, 1.82) is 0 Å². The van der Waals surface area contributed by atoms with Crippen LogP contribution in [0.15, 0.2) is 48.8 Å². The first-order valence-electron chi connectivity index (χ1n) is 8.33. The maximum atomic E-state index is 11.8. The van der Waals surface area contributed by atoms with Gasteiger partial charge >= 0.3 is 5.97 Å². The van der Waals surface area contributed by atoms with Crippen LogP contribution >= 0.6 is 0 Å². The van der Waals surface area contributed by atoms with E-state index in [4.69, 9.17) is 4.74 Å². The summed E-state index contributed by atoms with van der Waals surface area (Å²) in [5, 5.41) is 5.41. The zero-order valence-corrected chi connectivity index (χ0v) is 14.6. The fraction of sp³-hybridized carbons (Fsp3) is 0.250. The molecule has 0 saturated heterocycles. The average molecular weight is 335 g/mol. The normalized spacial score (nSPS) is 12.0. The summed E-state index contributed by atoms with van der Waals surface area (Å²) < 4.78 is 5.07. The maximum absolute atomic E-state index is 11.8. The lowest BCUT2D eigenvalue weighted by Gasteiger charge is -2.13. The number of nitrogens with zero attached hydrogens (tertiary/aromatic N) is 2. The van der Waals surface area contributed by atoms with Crippen molar-refractivity contribution < 1.29 is 9.53 Å². The zero-order chi connectivity index (χ0) is 17.8. The Labute approximate surface area is 147 Å². The second-order valence-corrected chi connectivity index (χ2v) is 5.93. The van der Waals surface area contributed by atoms with Gasteiger partial charge < -0.3 is 10.1 Å². The topological polar surface area (TPSA) is 64.1 Å². The van der Waals surface area contributed by atoms with Gasteiger partial charge in [-0.05, 0) is 56.0 Å². The number of benzene rings is 1. The molecule has 1 unspecified atom stereocenters. The van der Waals surface area contributed by atoms with E-state index in [0.29, 0.717) is 6.61 Å². The van der Waals surface area contributed by atoms with Crippen molar-refractivity contribution in [2.45, 2.75) is 26.7 Å². The highest BCUT2D eigenvalue weighted by Gasteiger charge is 2.16. The molecule has 0 spiro atoms. The molecule has 0 radical (unpaired) electrons. The van der Waals surface area contributed by atoms with Gasteiger partial charge in [0, 0.05) is 29.2 Å². The van der Waals surface area contributed by atoms with Crippen LogP contribution in [-0.2, 0) is 9.53 Å². The van der Waals surface area contributed by atoms with E-state index in [-0.39, 0.29) is 11.9 Å². The van der Waals surface area contributed by atoms with Crippen LogP contribution < -0.4 is 5.32 Å². The number of carbonyl (C=O) groups excluding carboxylic acids is 1. The Bertz CT molecular complexity index is 891. The number of esters is 1. The third-order valence-electron chi connectivity index (χ3n) is 4.08. The molecule has 2 heterocycles. The number of hydrogen-bond donors (Lipinski definition) is 1. The van der Waals surface area contributed by atoms with Crippen molar-refractivity contribution in [2.75, 3.05) is 11.9 Å². The molecular weight excluding hydrogens is 314 g/mol. The summed E-state index contributed by atoms with van der Waals surface area (Å²) in [5.74, 6) is 0.283. The van der Waals surface area contributed by atoms with Gasteiger partial charge in [0.2, 0.25) is 0 Å². The lowest BCUT2D eigenvalue weighted by molar-refractivity contribution is -0.144. The van der Waals surface area contributed by atoms with Crippen LogP contribution in [0, 0.1) is 6.92 Å². The number of aryl methyl sites for hydroxylation is 1. The van der Waals surface area contributed by atoms with E-state index in [1.165, 1.54) is 0 Å². The number of hydrogen-bond acceptors (Lipinski definition) is 5. The SMILES string of the molecule is CCOC(=O)C(C)c1ccc(Nc2nc(C)cc3ccncc23)cc1. The Kier molecular flexibility index (Phi) is 4.93. The monoisotopic (exact) mass is 335 g/mol. The zero-order valence-electron chi connectivity index (χ0n) is 14.6. The Morgan fingerprint density at radius 3 is 2.72 bits per heavy atom. The molecule has 1 atom stereocenters.